The first kappa shape index (κ1) is 18.0. The van der Waals surface area contributed by atoms with E-state index in [2.05, 4.69) is 41.2 Å². The SMILES string of the molecule is C=Cc1[nH]c(-c2ccc(OC)c(CC3CC=NN3)c2)nc1/C(=C\C)CC. The fraction of sp³-hybridized carbons (Fsp3) is 0.333. The smallest absolute Gasteiger partial charge is 0.138 e. The van der Waals surface area contributed by atoms with E-state index in [-0.39, 0.29) is 0 Å². The van der Waals surface area contributed by atoms with E-state index in [1.807, 2.05) is 31.3 Å². The molecule has 1 unspecified atom stereocenters. The maximum atomic E-state index is 5.55. The summed E-state index contributed by atoms with van der Waals surface area (Å²) in [5.41, 5.74) is 8.47. The molecule has 0 fully saturated rings. The van der Waals surface area contributed by atoms with Gasteiger partial charge in [-0.1, -0.05) is 19.6 Å². The van der Waals surface area contributed by atoms with Crippen LogP contribution in [0.15, 0.2) is 36.0 Å². The number of aromatic amines is 1. The summed E-state index contributed by atoms with van der Waals surface area (Å²) in [6.45, 7) is 8.10. The number of imidazole rings is 1. The first-order valence-corrected chi connectivity index (χ1v) is 9.02. The number of ether oxygens (including phenoxy) is 1. The number of nitrogens with one attached hydrogen (secondary N) is 2. The number of methoxy groups -OCH3 is 1. The van der Waals surface area contributed by atoms with Crippen LogP contribution in [0.5, 0.6) is 5.75 Å². The number of nitrogens with zero attached hydrogens (tertiary/aromatic N) is 2. The van der Waals surface area contributed by atoms with E-state index in [1.54, 1.807) is 7.11 Å². The Hall–Kier alpha value is -2.82. The van der Waals surface area contributed by atoms with Gasteiger partial charge in [-0.3, -0.25) is 0 Å². The molecule has 2 heterocycles. The third-order valence-electron chi connectivity index (χ3n) is 4.73. The molecule has 5 nitrogen and oxygen atoms in total. The van der Waals surface area contributed by atoms with Gasteiger partial charge in [0.05, 0.1) is 24.5 Å². The fourth-order valence-corrected chi connectivity index (χ4v) is 3.29. The summed E-state index contributed by atoms with van der Waals surface area (Å²) in [5.74, 6) is 1.74. The number of hydrazone groups is 1. The highest BCUT2D eigenvalue weighted by atomic mass is 16.5. The van der Waals surface area contributed by atoms with Crippen molar-refractivity contribution in [3.63, 3.8) is 0 Å². The van der Waals surface area contributed by atoms with Crippen LogP contribution >= 0.6 is 0 Å². The second-order valence-electron chi connectivity index (χ2n) is 6.32. The van der Waals surface area contributed by atoms with Gasteiger partial charge in [-0.15, -0.1) is 0 Å². The van der Waals surface area contributed by atoms with Crippen molar-refractivity contribution >= 4 is 17.9 Å². The highest BCUT2D eigenvalue weighted by Crippen LogP contribution is 2.30. The van der Waals surface area contributed by atoms with Crippen molar-refractivity contribution in [2.45, 2.75) is 39.2 Å². The zero-order valence-electron chi connectivity index (χ0n) is 15.7. The summed E-state index contributed by atoms with van der Waals surface area (Å²) in [5, 5.41) is 4.11. The predicted octanol–water partition coefficient (Wildman–Crippen LogP) is 4.43. The maximum Gasteiger partial charge on any atom is 0.138 e. The summed E-state index contributed by atoms with van der Waals surface area (Å²) in [7, 11) is 1.71. The molecule has 26 heavy (non-hydrogen) atoms. The van der Waals surface area contributed by atoms with E-state index in [4.69, 9.17) is 9.72 Å². The van der Waals surface area contributed by atoms with E-state index >= 15 is 0 Å². The molecule has 0 amide bonds. The van der Waals surface area contributed by atoms with Gasteiger partial charge in [-0.05, 0) is 55.2 Å². The maximum absolute atomic E-state index is 5.55. The molecule has 1 aliphatic heterocycles. The number of aromatic nitrogens is 2. The van der Waals surface area contributed by atoms with Crippen LogP contribution in [0.1, 0.15) is 43.6 Å². The average molecular weight is 350 g/mol. The molecule has 1 atom stereocenters. The van der Waals surface area contributed by atoms with Crippen molar-refractivity contribution in [1.29, 1.82) is 0 Å². The topological polar surface area (TPSA) is 62.3 Å². The zero-order chi connectivity index (χ0) is 18.5. The van der Waals surface area contributed by atoms with Crippen LogP contribution in [0.4, 0.5) is 0 Å². The molecular weight excluding hydrogens is 324 g/mol. The minimum absolute atomic E-state index is 0.310. The Morgan fingerprint density at radius 1 is 1.42 bits per heavy atom. The Labute approximate surface area is 154 Å². The van der Waals surface area contributed by atoms with Gasteiger partial charge >= 0.3 is 0 Å². The lowest BCUT2D eigenvalue weighted by Crippen LogP contribution is -2.22. The Kier molecular flexibility index (Phi) is 5.56. The number of hydrogen-bond donors (Lipinski definition) is 2. The number of H-pyrrole nitrogens is 1. The lowest BCUT2D eigenvalue weighted by atomic mass is 10.0. The van der Waals surface area contributed by atoms with Gasteiger partial charge in [0.1, 0.15) is 11.6 Å². The monoisotopic (exact) mass is 350 g/mol. The van der Waals surface area contributed by atoms with Gasteiger partial charge in [-0.25, -0.2) is 4.98 Å². The fourth-order valence-electron chi connectivity index (χ4n) is 3.29. The molecule has 2 aromatic rings. The second kappa shape index (κ2) is 8.04. The van der Waals surface area contributed by atoms with Crippen LogP contribution in [-0.4, -0.2) is 29.3 Å². The molecule has 0 saturated carbocycles. The molecule has 5 heteroatoms. The minimum atomic E-state index is 0.310. The Morgan fingerprint density at radius 2 is 2.27 bits per heavy atom. The van der Waals surface area contributed by atoms with Crippen molar-refractivity contribution in [2.24, 2.45) is 5.10 Å². The molecule has 1 aromatic heterocycles. The van der Waals surface area contributed by atoms with E-state index < -0.39 is 0 Å². The number of hydrogen-bond acceptors (Lipinski definition) is 4. The first-order chi connectivity index (χ1) is 12.7. The van der Waals surface area contributed by atoms with Crippen molar-refractivity contribution in [1.82, 2.24) is 15.4 Å². The van der Waals surface area contributed by atoms with E-state index in [0.29, 0.717) is 6.04 Å². The molecule has 0 saturated heterocycles. The molecule has 3 rings (SSSR count). The van der Waals surface area contributed by atoms with Crippen LogP contribution in [0.25, 0.3) is 23.0 Å². The molecular formula is C21H26N4O. The second-order valence-corrected chi connectivity index (χ2v) is 6.32. The number of rotatable bonds is 7. The van der Waals surface area contributed by atoms with Crippen molar-refractivity contribution in [2.75, 3.05) is 7.11 Å². The van der Waals surface area contributed by atoms with E-state index in [9.17, 15) is 0 Å². The largest absolute Gasteiger partial charge is 0.496 e. The standard InChI is InChI=1S/C21H26N4O/c1-5-14(6-2)20-18(7-3)23-21(24-20)15-8-9-19(26-4)16(12-15)13-17-10-11-22-25-17/h5,7-9,11-12,17,25H,3,6,10,13H2,1-2,4H3,(H,23,24)/b14-5-. The summed E-state index contributed by atoms with van der Waals surface area (Å²) < 4.78 is 5.55. The predicted molar refractivity (Wildman–Crippen MR) is 108 cm³/mol. The van der Waals surface area contributed by atoms with Gasteiger partial charge in [0, 0.05) is 18.2 Å². The van der Waals surface area contributed by atoms with Gasteiger partial charge in [0.2, 0.25) is 0 Å². The number of allylic oxidation sites excluding steroid dienone is 2. The van der Waals surface area contributed by atoms with Crippen molar-refractivity contribution in [3.05, 3.63) is 47.8 Å². The van der Waals surface area contributed by atoms with Crippen molar-refractivity contribution < 1.29 is 4.74 Å². The van der Waals surface area contributed by atoms with E-state index in [1.165, 1.54) is 5.57 Å². The quantitative estimate of drug-likeness (QED) is 0.776. The van der Waals surface area contributed by atoms with Gasteiger partial charge in [-0.2, -0.15) is 5.10 Å². The third kappa shape index (κ3) is 3.57. The van der Waals surface area contributed by atoms with Gasteiger partial charge in [0.25, 0.3) is 0 Å². The number of benzene rings is 1. The highest BCUT2D eigenvalue weighted by molar-refractivity contribution is 5.73. The lowest BCUT2D eigenvalue weighted by Gasteiger charge is -2.14. The Balaban J connectivity index is 1.97. The molecule has 0 bridgehead atoms. The Bertz CT molecular complexity index is 840. The van der Waals surface area contributed by atoms with Crippen molar-refractivity contribution in [3.8, 4) is 17.1 Å². The lowest BCUT2D eigenvalue weighted by molar-refractivity contribution is 0.406. The van der Waals surface area contributed by atoms with Crippen LogP contribution in [0.2, 0.25) is 0 Å². The third-order valence-corrected chi connectivity index (χ3v) is 4.73. The molecule has 136 valence electrons. The Morgan fingerprint density at radius 3 is 2.88 bits per heavy atom. The van der Waals surface area contributed by atoms with Crippen LogP contribution in [-0.2, 0) is 6.42 Å². The molecule has 0 radical (unpaired) electrons. The van der Waals surface area contributed by atoms with E-state index in [0.717, 1.165) is 53.4 Å². The first-order valence-electron chi connectivity index (χ1n) is 9.02. The molecule has 1 aliphatic rings. The summed E-state index contributed by atoms with van der Waals surface area (Å²) >= 11 is 0. The molecule has 0 spiro atoms. The van der Waals surface area contributed by atoms with Crippen LogP contribution < -0.4 is 10.2 Å². The summed E-state index contributed by atoms with van der Waals surface area (Å²) in [6, 6.07) is 6.50. The summed E-state index contributed by atoms with van der Waals surface area (Å²) in [4.78, 5) is 8.25. The van der Waals surface area contributed by atoms with Crippen LogP contribution in [0, 0.1) is 0 Å². The molecule has 0 aliphatic carbocycles. The molecule has 1 aromatic carbocycles. The zero-order valence-corrected chi connectivity index (χ0v) is 15.7. The normalized spacial score (nSPS) is 16.6. The average Bonchev–Trinajstić information content (AvgIpc) is 3.32. The van der Waals surface area contributed by atoms with Gasteiger partial charge < -0.3 is 15.1 Å². The minimum Gasteiger partial charge on any atom is -0.496 e. The molecule has 2 N–H and O–H groups in total. The summed E-state index contributed by atoms with van der Waals surface area (Å²) in [6.07, 6.45) is 8.57. The highest BCUT2D eigenvalue weighted by Gasteiger charge is 2.17. The van der Waals surface area contributed by atoms with Gasteiger partial charge in [0.15, 0.2) is 0 Å². The van der Waals surface area contributed by atoms with Crippen LogP contribution in [0.3, 0.4) is 0 Å².